The van der Waals surface area contributed by atoms with E-state index in [-0.39, 0.29) is 11.6 Å². The first-order valence-electron chi connectivity index (χ1n) is 3.83. The summed E-state index contributed by atoms with van der Waals surface area (Å²) in [6, 6.07) is 0.208. The molecule has 0 aromatic heterocycles. The van der Waals surface area contributed by atoms with E-state index in [0.29, 0.717) is 0 Å². The molecule has 4 heteroatoms. The average molecular weight is 154 g/mol. The summed E-state index contributed by atoms with van der Waals surface area (Å²) in [5.74, 6) is 0. The summed E-state index contributed by atoms with van der Waals surface area (Å²) in [4.78, 5) is 5.07. The zero-order chi connectivity index (χ0) is 8.48. The third-order valence-corrected chi connectivity index (χ3v) is 2.03. The molecule has 1 fully saturated rings. The Bertz CT molecular complexity index is 181. The molecule has 0 atom stereocenters. The van der Waals surface area contributed by atoms with Gasteiger partial charge in [0.15, 0.2) is 0 Å². The normalized spacial score (nSPS) is 20.6. The Morgan fingerprint density at radius 3 is 2.36 bits per heavy atom. The van der Waals surface area contributed by atoms with Gasteiger partial charge in [0.1, 0.15) is 0 Å². The first-order chi connectivity index (χ1) is 5.04. The first-order valence-corrected chi connectivity index (χ1v) is 3.83. The van der Waals surface area contributed by atoms with E-state index in [0.717, 1.165) is 13.1 Å². The van der Waals surface area contributed by atoms with Crippen LogP contribution in [0.4, 0.5) is 0 Å². The molecule has 0 saturated carbocycles. The van der Waals surface area contributed by atoms with Crippen LogP contribution in [0.3, 0.4) is 0 Å². The summed E-state index contributed by atoms with van der Waals surface area (Å²) in [7, 11) is 0. The summed E-state index contributed by atoms with van der Waals surface area (Å²) in [6.07, 6.45) is 0. The van der Waals surface area contributed by atoms with E-state index in [1.54, 1.807) is 0 Å². The minimum atomic E-state index is 0.208. The third kappa shape index (κ3) is 1.85. The summed E-state index contributed by atoms with van der Waals surface area (Å²) in [5, 5.41) is 3.63. The van der Waals surface area contributed by atoms with Crippen LogP contribution < -0.4 is 0 Å². The Kier molecular flexibility index (Phi) is 2.07. The van der Waals surface area contributed by atoms with E-state index >= 15 is 0 Å². The van der Waals surface area contributed by atoms with Crippen LogP contribution in [0.5, 0.6) is 0 Å². The molecule has 0 bridgehead atoms. The summed E-state index contributed by atoms with van der Waals surface area (Å²) >= 11 is 0. The first kappa shape index (κ1) is 8.37. The van der Waals surface area contributed by atoms with Crippen LogP contribution in [0.1, 0.15) is 20.8 Å². The fourth-order valence-electron chi connectivity index (χ4n) is 1.15. The summed E-state index contributed by atoms with van der Waals surface area (Å²) < 4.78 is 0. The van der Waals surface area contributed by atoms with Gasteiger partial charge in [-0.1, -0.05) is 5.11 Å². The van der Waals surface area contributed by atoms with Crippen LogP contribution in [0.15, 0.2) is 5.11 Å². The van der Waals surface area contributed by atoms with Crippen molar-refractivity contribution in [3.8, 4) is 0 Å². The van der Waals surface area contributed by atoms with Gasteiger partial charge in [0.05, 0.1) is 6.04 Å². The predicted molar refractivity (Wildman–Crippen MR) is 44.3 cm³/mol. The molecule has 0 aromatic carbocycles. The second-order valence-electron chi connectivity index (χ2n) is 3.93. The van der Waals surface area contributed by atoms with Crippen molar-refractivity contribution in [2.45, 2.75) is 32.4 Å². The molecule has 11 heavy (non-hydrogen) atoms. The highest BCUT2D eigenvalue weighted by Gasteiger charge is 2.33. The van der Waals surface area contributed by atoms with E-state index < -0.39 is 0 Å². The maximum absolute atomic E-state index is 8.13. The monoisotopic (exact) mass is 154 g/mol. The fourth-order valence-corrected chi connectivity index (χ4v) is 1.15. The molecule has 4 nitrogen and oxygen atoms in total. The molecule has 0 amide bonds. The van der Waals surface area contributed by atoms with Gasteiger partial charge in [-0.15, -0.1) is 0 Å². The van der Waals surface area contributed by atoms with Crippen molar-refractivity contribution in [2.24, 2.45) is 5.11 Å². The second kappa shape index (κ2) is 2.72. The van der Waals surface area contributed by atoms with E-state index in [9.17, 15) is 0 Å². The second-order valence-corrected chi connectivity index (χ2v) is 3.93. The molecule has 1 aliphatic heterocycles. The minimum Gasteiger partial charge on any atom is -0.298 e. The summed E-state index contributed by atoms with van der Waals surface area (Å²) in [5.41, 5.74) is 8.35. The zero-order valence-electron chi connectivity index (χ0n) is 7.28. The van der Waals surface area contributed by atoms with Crippen molar-refractivity contribution in [3.05, 3.63) is 10.4 Å². The molecule has 1 aliphatic rings. The fraction of sp³-hybridized carbons (Fsp3) is 1.00. The number of likely N-dealkylation sites (tertiary alicyclic amines) is 1. The molecule has 0 aliphatic carbocycles. The molecule has 1 rings (SSSR count). The minimum absolute atomic E-state index is 0.208. The van der Waals surface area contributed by atoms with Crippen molar-refractivity contribution < 1.29 is 0 Å². The molecule has 0 N–H and O–H groups in total. The van der Waals surface area contributed by atoms with Crippen LogP contribution in [-0.2, 0) is 0 Å². The highest BCUT2D eigenvalue weighted by atomic mass is 15.3. The molecule has 0 spiro atoms. The van der Waals surface area contributed by atoms with E-state index in [4.69, 9.17) is 5.53 Å². The topological polar surface area (TPSA) is 52.0 Å². The zero-order valence-corrected chi connectivity index (χ0v) is 7.28. The predicted octanol–water partition coefficient (Wildman–Crippen LogP) is 1.78. The van der Waals surface area contributed by atoms with Gasteiger partial charge in [-0.05, 0) is 26.3 Å². The van der Waals surface area contributed by atoms with Gasteiger partial charge in [-0.25, -0.2) is 0 Å². The number of azide groups is 1. The Hall–Kier alpha value is -0.730. The van der Waals surface area contributed by atoms with Gasteiger partial charge in [-0.3, -0.25) is 4.90 Å². The van der Waals surface area contributed by atoms with Crippen molar-refractivity contribution in [1.29, 1.82) is 0 Å². The van der Waals surface area contributed by atoms with E-state index in [1.165, 1.54) is 0 Å². The number of rotatable bonds is 1. The van der Waals surface area contributed by atoms with Gasteiger partial charge in [0, 0.05) is 23.5 Å². The lowest BCUT2D eigenvalue weighted by Gasteiger charge is -2.45. The number of hydrogen-bond acceptors (Lipinski definition) is 2. The molecular weight excluding hydrogens is 140 g/mol. The van der Waals surface area contributed by atoms with Crippen LogP contribution >= 0.6 is 0 Å². The molecule has 0 radical (unpaired) electrons. The van der Waals surface area contributed by atoms with Crippen molar-refractivity contribution in [2.75, 3.05) is 13.1 Å². The summed E-state index contributed by atoms with van der Waals surface area (Å²) in [6.45, 7) is 8.32. The number of nitrogens with zero attached hydrogens (tertiary/aromatic N) is 4. The lowest BCUT2D eigenvalue weighted by Crippen LogP contribution is -2.57. The van der Waals surface area contributed by atoms with Gasteiger partial charge in [-0.2, -0.15) is 0 Å². The SMILES string of the molecule is CC(C)(C)N1CC(N=[N+]=[N-])C1. The Morgan fingerprint density at radius 2 is 2.00 bits per heavy atom. The smallest absolute Gasteiger partial charge is 0.0628 e. The highest BCUT2D eigenvalue weighted by molar-refractivity contribution is 4.92. The Labute approximate surface area is 66.8 Å². The number of hydrogen-bond donors (Lipinski definition) is 0. The van der Waals surface area contributed by atoms with Gasteiger partial charge in [0.2, 0.25) is 0 Å². The lowest BCUT2D eigenvalue weighted by atomic mass is 9.98. The third-order valence-electron chi connectivity index (χ3n) is 2.03. The average Bonchev–Trinajstić information content (AvgIpc) is 1.74. The van der Waals surface area contributed by atoms with Gasteiger partial charge in [0.25, 0.3) is 0 Å². The van der Waals surface area contributed by atoms with Crippen molar-refractivity contribution in [3.63, 3.8) is 0 Å². The maximum Gasteiger partial charge on any atom is 0.0628 e. The molecule has 0 aromatic rings. The molecule has 1 saturated heterocycles. The van der Waals surface area contributed by atoms with Crippen LogP contribution in [0, 0.1) is 0 Å². The highest BCUT2D eigenvalue weighted by Crippen LogP contribution is 2.22. The van der Waals surface area contributed by atoms with Crippen molar-refractivity contribution >= 4 is 0 Å². The van der Waals surface area contributed by atoms with Crippen LogP contribution in [0.25, 0.3) is 10.4 Å². The van der Waals surface area contributed by atoms with E-state index in [2.05, 4.69) is 35.7 Å². The van der Waals surface area contributed by atoms with Crippen molar-refractivity contribution in [1.82, 2.24) is 4.90 Å². The van der Waals surface area contributed by atoms with E-state index in [1.807, 2.05) is 0 Å². The quantitative estimate of drug-likeness (QED) is 0.322. The maximum atomic E-state index is 8.13. The van der Waals surface area contributed by atoms with Crippen LogP contribution in [-0.4, -0.2) is 29.6 Å². The molecular formula is C7H14N4. The standard InChI is InChI=1S/C7H14N4/c1-7(2,3)11-4-6(5-11)9-10-8/h6H,4-5H2,1-3H3. The van der Waals surface area contributed by atoms with Gasteiger partial charge >= 0.3 is 0 Å². The Morgan fingerprint density at radius 1 is 1.45 bits per heavy atom. The van der Waals surface area contributed by atoms with Gasteiger partial charge < -0.3 is 0 Å². The molecule has 1 heterocycles. The molecule has 62 valence electrons. The molecule has 0 unspecified atom stereocenters. The largest absolute Gasteiger partial charge is 0.298 e. The Balaban J connectivity index is 2.35. The lowest BCUT2D eigenvalue weighted by molar-refractivity contribution is 0.0498. The van der Waals surface area contributed by atoms with Crippen LogP contribution in [0.2, 0.25) is 0 Å².